The molecule has 2 aromatic carbocycles. The van der Waals surface area contributed by atoms with Crippen LogP contribution in [-0.2, 0) is 22.4 Å². The maximum Gasteiger partial charge on any atom is 0.240 e. The summed E-state index contributed by atoms with van der Waals surface area (Å²) in [6.07, 6.45) is 3.21. The van der Waals surface area contributed by atoms with Crippen molar-refractivity contribution >= 4 is 29.9 Å². The monoisotopic (exact) mass is 399 g/mol. The largest absolute Gasteiger partial charge is 0.353 e. The van der Waals surface area contributed by atoms with E-state index in [4.69, 9.17) is 0 Å². The fourth-order valence-corrected chi connectivity index (χ4v) is 4.05. The minimum atomic E-state index is -0.120. The molecule has 2 aromatic rings. The van der Waals surface area contributed by atoms with Gasteiger partial charge in [-0.25, -0.2) is 0 Å². The molecule has 5 nitrogen and oxygen atoms in total. The third-order valence-corrected chi connectivity index (χ3v) is 5.44. The molecule has 4 rings (SSSR count). The molecule has 2 aliphatic rings. The van der Waals surface area contributed by atoms with E-state index in [0.717, 1.165) is 37.1 Å². The summed E-state index contributed by atoms with van der Waals surface area (Å²) in [6.45, 7) is 1.51. The van der Waals surface area contributed by atoms with Gasteiger partial charge in [-0.15, -0.1) is 12.4 Å². The Kier molecular flexibility index (Phi) is 6.70. The van der Waals surface area contributed by atoms with Gasteiger partial charge in [0.25, 0.3) is 0 Å². The SMILES string of the molecule is Cl.O=C(CN1C(=O)CCCc2ccccc21)NCC1NCCc2ccccc21. The van der Waals surface area contributed by atoms with E-state index in [1.165, 1.54) is 11.1 Å². The Morgan fingerprint density at radius 1 is 1.04 bits per heavy atom. The number of fused-ring (bicyclic) bond motifs is 2. The first-order chi connectivity index (χ1) is 13.2. The Morgan fingerprint density at radius 3 is 2.64 bits per heavy atom. The summed E-state index contributed by atoms with van der Waals surface area (Å²) in [5.41, 5.74) is 4.60. The van der Waals surface area contributed by atoms with Gasteiger partial charge >= 0.3 is 0 Å². The van der Waals surface area contributed by atoms with Crippen molar-refractivity contribution in [1.82, 2.24) is 10.6 Å². The quantitative estimate of drug-likeness (QED) is 0.831. The lowest BCUT2D eigenvalue weighted by Crippen LogP contribution is -2.44. The molecule has 0 aromatic heterocycles. The normalized spacial score (nSPS) is 18.4. The smallest absolute Gasteiger partial charge is 0.240 e. The average molecular weight is 400 g/mol. The first kappa shape index (κ1) is 20.4. The van der Waals surface area contributed by atoms with Crippen molar-refractivity contribution in [2.24, 2.45) is 0 Å². The van der Waals surface area contributed by atoms with Crippen LogP contribution in [0.1, 0.15) is 35.6 Å². The fraction of sp³-hybridized carbons (Fsp3) is 0.364. The van der Waals surface area contributed by atoms with Gasteiger partial charge in [0, 0.05) is 24.7 Å². The zero-order valence-corrected chi connectivity index (χ0v) is 16.6. The molecule has 148 valence electrons. The number of hydrogen-bond donors (Lipinski definition) is 2. The van der Waals surface area contributed by atoms with Crippen LogP contribution in [0.4, 0.5) is 5.69 Å². The lowest BCUT2D eigenvalue weighted by Gasteiger charge is -2.28. The van der Waals surface area contributed by atoms with E-state index in [9.17, 15) is 9.59 Å². The molecule has 2 N–H and O–H groups in total. The summed E-state index contributed by atoms with van der Waals surface area (Å²) in [4.78, 5) is 26.8. The summed E-state index contributed by atoms with van der Waals surface area (Å²) < 4.78 is 0. The van der Waals surface area contributed by atoms with Crippen LogP contribution in [0, 0.1) is 0 Å². The third kappa shape index (κ3) is 4.37. The van der Waals surface area contributed by atoms with Crippen molar-refractivity contribution in [3.05, 3.63) is 65.2 Å². The zero-order valence-electron chi connectivity index (χ0n) is 15.8. The predicted octanol–water partition coefficient (Wildman–Crippen LogP) is 2.78. The summed E-state index contributed by atoms with van der Waals surface area (Å²) in [5, 5.41) is 6.49. The summed E-state index contributed by atoms with van der Waals surface area (Å²) in [7, 11) is 0. The van der Waals surface area contributed by atoms with Crippen molar-refractivity contribution in [2.75, 3.05) is 24.5 Å². The molecule has 2 heterocycles. The molecule has 0 bridgehead atoms. The lowest BCUT2D eigenvalue weighted by atomic mass is 9.94. The second kappa shape index (κ2) is 9.22. The first-order valence-corrected chi connectivity index (χ1v) is 9.68. The number of nitrogens with one attached hydrogen (secondary N) is 2. The van der Waals surface area contributed by atoms with Crippen LogP contribution in [0.2, 0.25) is 0 Å². The Morgan fingerprint density at radius 2 is 1.79 bits per heavy atom. The van der Waals surface area contributed by atoms with Crippen molar-refractivity contribution in [3.8, 4) is 0 Å². The zero-order chi connectivity index (χ0) is 18.6. The van der Waals surface area contributed by atoms with Gasteiger partial charge in [0.2, 0.25) is 11.8 Å². The van der Waals surface area contributed by atoms with Gasteiger partial charge in [0.15, 0.2) is 0 Å². The number of carbonyl (C=O) groups is 2. The highest BCUT2D eigenvalue weighted by atomic mass is 35.5. The highest BCUT2D eigenvalue weighted by Crippen LogP contribution is 2.26. The average Bonchev–Trinajstić information content (AvgIpc) is 2.85. The molecule has 0 fully saturated rings. The number of anilines is 1. The molecule has 6 heteroatoms. The molecule has 0 radical (unpaired) electrons. The van der Waals surface area contributed by atoms with Crippen molar-refractivity contribution < 1.29 is 9.59 Å². The minimum absolute atomic E-state index is 0. The van der Waals surface area contributed by atoms with Gasteiger partial charge in [-0.05, 0) is 48.6 Å². The van der Waals surface area contributed by atoms with E-state index in [0.29, 0.717) is 13.0 Å². The van der Waals surface area contributed by atoms with Crippen molar-refractivity contribution in [3.63, 3.8) is 0 Å². The van der Waals surface area contributed by atoms with E-state index >= 15 is 0 Å². The van der Waals surface area contributed by atoms with Crippen molar-refractivity contribution in [1.29, 1.82) is 0 Å². The van der Waals surface area contributed by atoms with Gasteiger partial charge < -0.3 is 15.5 Å². The standard InChI is InChI=1S/C22H25N3O2.ClH/c26-21(24-14-19-18-9-3-1-6-16(18)12-13-23-19)15-25-20-10-4-2-7-17(20)8-5-11-22(25)27;/h1-4,6-7,9-10,19,23H,5,8,11-15H2,(H,24,26);1H. The number of benzene rings is 2. The number of hydrogen-bond acceptors (Lipinski definition) is 3. The van der Waals surface area contributed by atoms with Crippen LogP contribution in [0.3, 0.4) is 0 Å². The lowest BCUT2D eigenvalue weighted by molar-refractivity contribution is -0.123. The molecule has 2 aliphatic heterocycles. The molecule has 0 spiro atoms. The Balaban J connectivity index is 0.00000225. The second-order valence-corrected chi connectivity index (χ2v) is 7.22. The Hall–Kier alpha value is -2.37. The third-order valence-electron chi connectivity index (χ3n) is 5.44. The molecular formula is C22H26ClN3O2. The summed E-state index contributed by atoms with van der Waals surface area (Å²) in [5.74, 6) is -0.0962. The highest BCUT2D eigenvalue weighted by molar-refractivity contribution is 5.99. The van der Waals surface area contributed by atoms with E-state index in [1.807, 2.05) is 30.3 Å². The number of nitrogens with zero attached hydrogens (tertiary/aromatic N) is 1. The van der Waals surface area contributed by atoms with E-state index < -0.39 is 0 Å². The van der Waals surface area contributed by atoms with E-state index in [2.05, 4.69) is 28.8 Å². The van der Waals surface area contributed by atoms with Crippen LogP contribution in [-0.4, -0.2) is 31.4 Å². The predicted molar refractivity (Wildman–Crippen MR) is 113 cm³/mol. The molecule has 0 saturated carbocycles. The molecule has 1 atom stereocenters. The molecule has 0 aliphatic carbocycles. The van der Waals surface area contributed by atoms with Crippen molar-refractivity contribution in [2.45, 2.75) is 31.7 Å². The van der Waals surface area contributed by atoms with Gasteiger partial charge in [-0.3, -0.25) is 9.59 Å². The highest BCUT2D eigenvalue weighted by Gasteiger charge is 2.25. The first-order valence-electron chi connectivity index (χ1n) is 9.68. The topological polar surface area (TPSA) is 61.4 Å². The van der Waals surface area contributed by atoms with Gasteiger partial charge in [-0.1, -0.05) is 42.5 Å². The van der Waals surface area contributed by atoms with Gasteiger partial charge in [-0.2, -0.15) is 0 Å². The Labute approximate surface area is 171 Å². The number of para-hydroxylation sites is 1. The molecule has 28 heavy (non-hydrogen) atoms. The van der Waals surface area contributed by atoms with Crippen LogP contribution in [0.5, 0.6) is 0 Å². The maximum absolute atomic E-state index is 12.6. The number of rotatable bonds is 4. The number of carbonyl (C=O) groups excluding carboxylic acids is 2. The maximum atomic E-state index is 12.6. The van der Waals surface area contributed by atoms with Crippen LogP contribution in [0.15, 0.2) is 48.5 Å². The fourth-order valence-electron chi connectivity index (χ4n) is 4.05. The van der Waals surface area contributed by atoms with Crippen LogP contribution < -0.4 is 15.5 Å². The van der Waals surface area contributed by atoms with Crippen LogP contribution >= 0.6 is 12.4 Å². The van der Waals surface area contributed by atoms with Gasteiger partial charge in [0.05, 0.1) is 0 Å². The van der Waals surface area contributed by atoms with E-state index in [1.54, 1.807) is 4.90 Å². The second-order valence-electron chi connectivity index (χ2n) is 7.22. The minimum Gasteiger partial charge on any atom is -0.353 e. The number of amides is 2. The van der Waals surface area contributed by atoms with E-state index in [-0.39, 0.29) is 36.8 Å². The summed E-state index contributed by atoms with van der Waals surface area (Å²) in [6, 6.07) is 16.4. The number of aryl methyl sites for hydroxylation is 1. The summed E-state index contributed by atoms with van der Waals surface area (Å²) >= 11 is 0. The molecule has 0 saturated heterocycles. The Bertz CT molecular complexity index is 855. The molecule has 2 amide bonds. The molecule has 1 unspecified atom stereocenters. The molecular weight excluding hydrogens is 374 g/mol. The van der Waals surface area contributed by atoms with Crippen LogP contribution in [0.25, 0.3) is 0 Å². The number of halogens is 1. The van der Waals surface area contributed by atoms with Gasteiger partial charge in [0.1, 0.15) is 6.54 Å².